The Balaban J connectivity index is 2.08. The van der Waals surface area contributed by atoms with Crippen molar-refractivity contribution < 1.29 is 13.2 Å². The Morgan fingerprint density at radius 1 is 1.38 bits per heavy atom. The summed E-state index contributed by atoms with van der Waals surface area (Å²) in [5, 5.41) is 4.67. The zero-order valence-electron chi connectivity index (χ0n) is 11.6. The Kier molecular flexibility index (Phi) is 3.38. The van der Waals surface area contributed by atoms with Gasteiger partial charge in [-0.15, -0.1) is 11.3 Å². The smallest absolute Gasteiger partial charge is 0.263 e. The van der Waals surface area contributed by atoms with Gasteiger partial charge in [-0.25, -0.2) is 13.4 Å². The minimum Gasteiger partial charge on any atom is -0.371 e. The lowest BCUT2D eigenvalue weighted by atomic mass is 10.4. The molecule has 2 aromatic heterocycles. The number of rotatable bonds is 3. The number of hydrogen-bond acceptors (Lipinski definition) is 6. The third-order valence-electron chi connectivity index (χ3n) is 3.46. The molecule has 0 atom stereocenters. The maximum absolute atomic E-state index is 12.9. The van der Waals surface area contributed by atoms with E-state index in [2.05, 4.69) is 10.3 Å². The molecule has 0 saturated carbocycles. The van der Waals surface area contributed by atoms with Crippen LogP contribution in [-0.4, -0.2) is 66.6 Å². The molecule has 0 aliphatic carbocycles. The van der Waals surface area contributed by atoms with Gasteiger partial charge in [0, 0.05) is 38.8 Å². The summed E-state index contributed by atoms with van der Waals surface area (Å²) in [7, 11) is -0.490. The van der Waals surface area contributed by atoms with E-state index < -0.39 is 10.0 Å². The lowest BCUT2D eigenvalue weighted by molar-refractivity contribution is -0.132. The van der Waals surface area contributed by atoms with Crippen molar-refractivity contribution in [3.8, 4) is 0 Å². The molecule has 1 aliphatic rings. The number of carbonyl (C=O) groups is 1. The Morgan fingerprint density at radius 2 is 2.14 bits per heavy atom. The quantitative estimate of drug-likeness (QED) is 0.850. The van der Waals surface area contributed by atoms with Crippen LogP contribution in [0.25, 0.3) is 4.96 Å². The lowest BCUT2D eigenvalue weighted by Gasteiger charge is -2.31. The maximum Gasteiger partial charge on any atom is 0.263 e. The highest BCUT2D eigenvalue weighted by atomic mass is 32.2. The number of piperazine rings is 1. The fraction of sp³-hybridized carbons (Fsp3) is 0.455. The first-order chi connectivity index (χ1) is 9.95. The van der Waals surface area contributed by atoms with E-state index in [4.69, 9.17) is 0 Å². The molecule has 3 heterocycles. The normalized spacial score (nSPS) is 17.6. The van der Waals surface area contributed by atoms with Gasteiger partial charge in [0.25, 0.3) is 10.0 Å². The number of aromatic nitrogens is 2. The first kappa shape index (κ1) is 14.3. The van der Waals surface area contributed by atoms with Gasteiger partial charge in [-0.3, -0.25) is 9.20 Å². The zero-order valence-corrected chi connectivity index (χ0v) is 13.2. The Labute approximate surface area is 126 Å². The molecule has 8 nitrogen and oxygen atoms in total. The van der Waals surface area contributed by atoms with Crippen LogP contribution in [0.15, 0.2) is 16.6 Å². The number of nitrogens with zero attached hydrogens (tertiary/aromatic N) is 4. The molecule has 1 amide bonds. The molecule has 21 heavy (non-hydrogen) atoms. The first-order valence-corrected chi connectivity index (χ1v) is 8.64. The van der Waals surface area contributed by atoms with Crippen LogP contribution in [0.2, 0.25) is 0 Å². The SMILES string of the molecule is CNc1nc2sccn2c1S(=O)(=O)N1CCN(C)C(=O)C1. The number of fused-ring (bicyclic) bond motifs is 1. The highest BCUT2D eigenvalue weighted by Crippen LogP contribution is 2.28. The van der Waals surface area contributed by atoms with Gasteiger partial charge in [-0.05, 0) is 0 Å². The number of nitrogens with one attached hydrogen (secondary N) is 1. The average molecular weight is 329 g/mol. The number of amides is 1. The van der Waals surface area contributed by atoms with Gasteiger partial charge in [0.1, 0.15) is 0 Å². The fourth-order valence-corrected chi connectivity index (χ4v) is 4.65. The summed E-state index contributed by atoms with van der Waals surface area (Å²) in [6.45, 7) is 0.531. The van der Waals surface area contributed by atoms with E-state index in [9.17, 15) is 13.2 Å². The van der Waals surface area contributed by atoms with E-state index in [1.807, 2.05) is 0 Å². The Hall–Kier alpha value is -1.65. The molecule has 0 radical (unpaired) electrons. The van der Waals surface area contributed by atoms with E-state index >= 15 is 0 Å². The van der Waals surface area contributed by atoms with E-state index in [0.717, 1.165) is 0 Å². The van der Waals surface area contributed by atoms with Gasteiger partial charge < -0.3 is 10.2 Å². The summed E-state index contributed by atoms with van der Waals surface area (Å²) >= 11 is 1.36. The van der Waals surface area contributed by atoms with Gasteiger partial charge in [-0.2, -0.15) is 4.31 Å². The first-order valence-electron chi connectivity index (χ1n) is 6.32. The van der Waals surface area contributed by atoms with Crippen molar-refractivity contribution in [3.63, 3.8) is 0 Å². The number of anilines is 1. The van der Waals surface area contributed by atoms with Crippen LogP contribution in [0, 0.1) is 0 Å². The van der Waals surface area contributed by atoms with Crippen LogP contribution in [0.4, 0.5) is 5.82 Å². The summed E-state index contributed by atoms with van der Waals surface area (Å²) in [5.41, 5.74) is 0. The standard InChI is InChI=1S/C11H15N5O3S2/c1-12-9-10(16-5-6-20-11(16)13-9)21(18,19)15-4-3-14(2)8(17)7-15/h5-6,12H,3-4,7H2,1-2H3. The second kappa shape index (κ2) is 4.97. The molecule has 0 aromatic carbocycles. The molecule has 10 heteroatoms. The lowest BCUT2D eigenvalue weighted by Crippen LogP contribution is -2.50. The highest BCUT2D eigenvalue weighted by Gasteiger charge is 2.35. The summed E-state index contributed by atoms with van der Waals surface area (Å²) in [6, 6.07) is 0. The van der Waals surface area contributed by atoms with Crippen molar-refractivity contribution in [3.05, 3.63) is 11.6 Å². The number of carbonyl (C=O) groups excluding carboxylic acids is 1. The molecule has 1 N–H and O–H groups in total. The topological polar surface area (TPSA) is 87.0 Å². The van der Waals surface area contributed by atoms with Gasteiger partial charge in [0.15, 0.2) is 15.8 Å². The van der Waals surface area contributed by atoms with E-state index in [-0.39, 0.29) is 24.0 Å². The van der Waals surface area contributed by atoms with Crippen molar-refractivity contribution in [2.75, 3.05) is 39.0 Å². The second-order valence-electron chi connectivity index (χ2n) is 4.73. The maximum atomic E-state index is 12.9. The number of thiazole rings is 1. The number of imidazole rings is 1. The average Bonchev–Trinajstić information content (AvgIpc) is 3.00. The van der Waals surface area contributed by atoms with E-state index in [0.29, 0.717) is 17.3 Å². The summed E-state index contributed by atoms with van der Waals surface area (Å²) in [6.07, 6.45) is 1.67. The third-order valence-corrected chi connectivity index (χ3v) is 6.09. The third kappa shape index (κ3) is 2.19. The van der Waals surface area contributed by atoms with Crippen molar-refractivity contribution in [2.24, 2.45) is 0 Å². The number of sulfonamides is 1. The molecular formula is C11H15N5O3S2. The Bertz CT molecular complexity index is 794. The minimum absolute atomic E-state index is 0.0820. The fourth-order valence-electron chi connectivity index (χ4n) is 2.24. The molecule has 0 bridgehead atoms. The molecule has 2 aromatic rings. The monoisotopic (exact) mass is 329 g/mol. The molecule has 1 fully saturated rings. The molecular weight excluding hydrogens is 314 g/mol. The van der Waals surface area contributed by atoms with Crippen molar-refractivity contribution >= 4 is 38.0 Å². The van der Waals surface area contributed by atoms with Crippen molar-refractivity contribution in [2.45, 2.75) is 5.03 Å². The molecule has 3 rings (SSSR count). The number of likely N-dealkylation sites (N-methyl/N-ethyl adjacent to an activating group) is 1. The Morgan fingerprint density at radius 3 is 2.81 bits per heavy atom. The summed E-state index contributed by atoms with van der Waals surface area (Å²) in [4.78, 5) is 18.2. The molecule has 114 valence electrons. The van der Waals surface area contributed by atoms with Crippen LogP contribution < -0.4 is 5.32 Å². The van der Waals surface area contributed by atoms with Crippen LogP contribution in [-0.2, 0) is 14.8 Å². The molecule has 1 aliphatic heterocycles. The summed E-state index contributed by atoms with van der Waals surface area (Å²) < 4.78 is 28.4. The van der Waals surface area contributed by atoms with Crippen molar-refractivity contribution in [1.82, 2.24) is 18.6 Å². The van der Waals surface area contributed by atoms with Crippen LogP contribution in [0.3, 0.4) is 0 Å². The van der Waals surface area contributed by atoms with E-state index in [1.165, 1.54) is 24.9 Å². The van der Waals surface area contributed by atoms with Gasteiger partial charge >= 0.3 is 0 Å². The zero-order chi connectivity index (χ0) is 15.2. The number of hydrogen-bond donors (Lipinski definition) is 1. The minimum atomic E-state index is -3.78. The van der Waals surface area contributed by atoms with Crippen molar-refractivity contribution in [1.29, 1.82) is 0 Å². The van der Waals surface area contributed by atoms with Gasteiger partial charge in [0.2, 0.25) is 5.91 Å². The largest absolute Gasteiger partial charge is 0.371 e. The summed E-state index contributed by atoms with van der Waals surface area (Å²) in [5.74, 6) is 0.0927. The van der Waals surface area contributed by atoms with Crippen LogP contribution in [0.1, 0.15) is 0 Å². The van der Waals surface area contributed by atoms with Crippen LogP contribution in [0.5, 0.6) is 0 Å². The van der Waals surface area contributed by atoms with Gasteiger partial charge in [-0.1, -0.05) is 0 Å². The van der Waals surface area contributed by atoms with Crippen LogP contribution >= 0.6 is 11.3 Å². The second-order valence-corrected chi connectivity index (χ2v) is 7.45. The highest BCUT2D eigenvalue weighted by molar-refractivity contribution is 7.89. The predicted octanol–water partition coefficient (Wildman–Crippen LogP) is -0.0998. The molecule has 1 saturated heterocycles. The van der Waals surface area contributed by atoms with Gasteiger partial charge in [0.05, 0.1) is 6.54 Å². The predicted molar refractivity (Wildman–Crippen MR) is 79.0 cm³/mol. The van der Waals surface area contributed by atoms with E-state index in [1.54, 1.807) is 25.7 Å². The molecule has 0 spiro atoms. The molecule has 0 unspecified atom stereocenters.